The normalized spacial score (nSPS) is 11.4. The average Bonchev–Trinajstić information content (AvgIpc) is 2.02. The topological polar surface area (TPSA) is 68.5 Å². The van der Waals surface area contributed by atoms with Crippen LogP contribution in [0.1, 0.15) is 5.69 Å². The first-order valence-corrected chi connectivity index (χ1v) is 5.09. The van der Waals surface area contributed by atoms with E-state index >= 15 is 0 Å². The predicted molar refractivity (Wildman–Crippen MR) is 43.1 cm³/mol. The summed E-state index contributed by atoms with van der Waals surface area (Å²) >= 11 is 0. The summed E-state index contributed by atoms with van der Waals surface area (Å²) in [6, 6.07) is 5.37. The Morgan fingerprint density at radius 1 is 1.42 bits per heavy atom. The van der Waals surface area contributed by atoms with Crippen molar-refractivity contribution in [3.63, 3.8) is 0 Å². The van der Waals surface area contributed by atoms with Gasteiger partial charge in [0.15, 0.2) is 11.9 Å². The summed E-state index contributed by atoms with van der Waals surface area (Å²) in [5.74, 6) is -0.243. The molecule has 0 bridgehead atoms. The molecule has 0 saturated carbocycles. The molecule has 0 aliphatic carbocycles. The second-order valence-corrected chi connectivity index (χ2v) is 4.00. The van der Waals surface area contributed by atoms with Crippen LogP contribution in [0.3, 0.4) is 0 Å². The first-order chi connectivity index (χ1) is 5.58. The number of H-pyrrole nitrogens is 1. The van der Waals surface area contributed by atoms with Gasteiger partial charge in [0, 0.05) is 18.6 Å². The standard InChI is InChI=1S/C7H9NO3S/c9-12(10,11)6-4-7-3-1-2-5-8-7/h1-3,5H,4,6H2,(H,9,10,11)/p+1. The van der Waals surface area contributed by atoms with Gasteiger partial charge in [-0.2, -0.15) is 8.42 Å². The SMILES string of the molecule is O=S(=O)(O)CCc1cccc[nH+]1. The Morgan fingerprint density at radius 2 is 2.17 bits per heavy atom. The number of hydrogen-bond acceptors (Lipinski definition) is 2. The summed E-state index contributed by atoms with van der Waals surface area (Å²) in [4.78, 5) is 2.87. The van der Waals surface area contributed by atoms with Crippen LogP contribution in [0.5, 0.6) is 0 Å². The van der Waals surface area contributed by atoms with Crippen molar-refractivity contribution in [2.24, 2.45) is 0 Å². The van der Waals surface area contributed by atoms with Crippen LogP contribution in [0, 0.1) is 0 Å². The number of hydrogen-bond donors (Lipinski definition) is 1. The minimum Gasteiger partial charge on any atom is -0.286 e. The van der Waals surface area contributed by atoms with E-state index in [1.807, 2.05) is 0 Å². The van der Waals surface area contributed by atoms with Crippen molar-refractivity contribution in [2.75, 3.05) is 5.75 Å². The summed E-state index contributed by atoms with van der Waals surface area (Å²) in [7, 11) is -3.84. The van der Waals surface area contributed by atoms with E-state index in [1.54, 1.807) is 24.4 Å². The van der Waals surface area contributed by atoms with Crippen molar-refractivity contribution < 1.29 is 18.0 Å². The second-order valence-electron chi connectivity index (χ2n) is 2.42. The number of rotatable bonds is 3. The van der Waals surface area contributed by atoms with Crippen molar-refractivity contribution in [3.05, 3.63) is 30.1 Å². The molecule has 1 rings (SSSR count). The summed E-state index contributed by atoms with van der Waals surface area (Å²) in [5, 5.41) is 0. The highest BCUT2D eigenvalue weighted by Crippen LogP contribution is 1.93. The molecular formula is C7H10NO3S+. The third-order valence-corrected chi connectivity index (χ3v) is 2.12. The molecule has 0 aromatic carbocycles. The van der Waals surface area contributed by atoms with Gasteiger partial charge in [0.2, 0.25) is 0 Å². The number of aromatic amines is 1. The van der Waals surface area contributed by atoms with E-state index in [2.05, 4.69) is 4.98 Å². The zero-order valence-electron chi connectivity index (χ0n) is 6.40. The Morgan fingerprint density at radius 3 is 2.67 bits per heavy atom. The Hall–Kier alpha value is -0.940. The average molecular weight is 188 g/mol. The van der Waals surface area contributed by atoms with E-state index < -0.39 is 10.1 Å². The lowest BCUT2D eigenvalue weighted by molar-refractivity contribution is -0.389. The molecule has 0 spiro atoms. The van der Waals surface area contributed by atoms with Crippen molar-refractivity contribution in [1.29, 1.82) is 0 Å². The maximum Gasteiger partial charge on any atom is 0.265 e. The third kappa shape index (κ3) is 3.45. The largest absolute Gasteiger partial charge is 0.286 e. The van der Waals surface area contributed by atoms with E-state index in [-0.39, 0.29) is 5.75 Å². The number of nitrogens with one attached hydrogen (secondary N) is 1. The molecule has 0 atom stereocenters. The first kappa shape index (κ1) is 9.15. The molecular weight excluding hydrogens is 178 g/mol. The van der Waals surface area contributed by atoms with Gasteiger partial charge >= 0.3 is 0 Å². The van der Waals surface area contributed by atoms with Gasteiger partial charge in [-0.05, 0) is 0 Å². The monoisotopic (exact) mass is 188 g/mol. The van der Waals surface area contributed by atoms with Crippen LogP contribution in [-0.2, 0) is 16.5 Å². The highest BCUT2D eigenvalue weighted by molar-refractivity contribution is 7.85. The van der Waals surface area contributed by atoms with Crippen LogP contribution in [-0.4, -0.2) is 18.7 Å². The van der Waals surface area contributed by atoms with E-state index in [4.69, 9.17) is 4.55 Å². The highest BCUT2D eigenvalue weighted by Gasteiger charge is 2.07. The fourth-order valence-electron chi connectivity index (χ4n) is 0.825. The minimum atomic E-state index is -3.84. The zero-order chi connectivity index (χ0) is 9.03. The van der Waals surface area contributed by atoms with Crippen LogP contribution < -0.4 is 4.98 Å². The van der Waals surface area contributed by atoms with Gasteiger partial charge in [0.05, 0.1) is 5.75 Å². The van der Waals surface area contributed by atoms with E-state index in [0.29, 0.717) is 6.42 Å². The van der Waals surface area contributed by atoms with Crippen molar-refractivity contribution >= 4 is 10.1 Å². The maximum atomic E-state index is 10.3. The molecule has 4 nitrogen and oxygen atoms in total. The summed E-state index contributed by atoms with van der Waals surface area (Å²) < 4.78 is 29.1. The molecule has 2 N–H and O–H groups in total. The quantitative estimate of drug-likeness (QED) is 0.675. The molecule has 0 unspecified atom stereocenters. The van der Waals surface area contributed by atoms with Gasteiger partial charge in [0.25, 0.3) is 10.1 Å². The molecule has 0 amide bonds. The van der Waals surface area contributed by atoms with Crippen molar-refractivity contribution in [2.45, 2.75) is 6.42 Å². The number of aromatic nitrogens is 1. The molecule has 5 heteroatoms. The highest BCUT2D eigenvalue weighted by atomic mass is 32.2. The van der Waals surface area contributed by atoms with Gasteiger partial charge < -0.3 is 0 Å². The van der Waals surface area contributed by atoms with Crippen LogP contribution in [0.15, 0.2) is 24.4 Å². The fraction of sp³-hybridized carbons (Fsp3) is 0.286. The smallest absolute Gasteiger partial charge is 0.265 e. The molecule has 1 aromatic heterocycles. The molecule has 1 aromatic rings. The second kappa shape index (κ2) is 3.64. The van der Waals surface area contributed by atoms with Crippen LogP contribution in [0.4, 0.5) is 0 Å². The molecule has 66 valence electrons. The molecule has 0 aliphatic rings. The fourth-order valence-corrected chi connectivity index (χ4v) is 1.30. The van der Waals surface area contributed by atoms with E-state index in [9.17, 15) is 8.42 Å². The Kier molecular flexibility index (Phi) is 2.78. The number of aryl methyl sites for hydroxylation is 1. The van der Waals surface area contributed by atoms with Crippen LogP contribution in [0.25, 0.3) is 0 Å². The molecule has 12 heavy (non-hydrogen) atoms. The summed E-state index contributed by atoms with van der Waals surface area (Å²) in [6.07, 6.45) is 2.01. The van der Waals surface area contributed by atoms with Gasteiger partial charge in [0.1, 0.15) is 0 Å². The zero-order valence-corrected chi connectivity index (χ0v) is 7.21. The minimum absolute atomic E-state index is 0.243. The van der Waals surface area contributed by atoms with Crippen LogP contribution >= 0.6 is 0 Å². The Bertz CT molecular complexity index is 333. The first-order valence-electron chi connectivity index (χ1n) is 3.49. The Balaban J connectivity index is 2.56. The van der Waals surface area contributed by atoms with Gasteiger partial charge in [-0.15, -0.1) is 0 Å². The van der Waals surface area contributed by atoms with Gasteiger partial charge in [-0.25, -0.2) is 4.98 Å². The van der Waals surface area contributed by atoms with Gasteiger partial charge in [-0.1, -0.05) is 6.07 Å². The predicted octanol–water partition coefficient (Wildman–Crippen LogP) is -0.0690. The maximum absolute atomic E-state index is 10.3. The van der Waals surface area contributed by atoms with Crippen LogP contribution in [0.2, 0.25) is 0 Å². The van der Waals surface area contributed by atoms with Crippen molar-refractivity contribution in [1.82, 2.24) is 0 Å². The molecule has 1 heterocycles. The van der Waals surface area contributed by atoms with Crippen molar-refractivity contribution in [3.8, 4) is 0 Å². The molecule has 0 radical (unpaired) electrons. The molecule has 0 fully saturated rings. The molecule has 0 aliphatic heterocycles. The lowest BCUT2D eigenvalue weighted by atomic mass is 10.3. The van der Waals surface area contributed by atoms with E-state index in [0.717, 1.165) is 5.69 Å². The molecule has 0 saturated heterocycles. The van der Waals surface area contributed by atoms with E-state index in [1.165, 1.54) is 0 Å². The lowest BCUT2D eigenvalue weighted by Crippen LogP contribution is -2.14. The number of pyridine rings is 1. The lowest BCUT2D eigenvalue weighted by Gasteiger charge is -1.91. The Labute approximate surface area is 71.0 Å². The van der Waals surface area contributed by atoms with Gasteiger partial charge in [-0.3, -0.25) is 4.55 Å². The third-order valence-electron chi connectivity index (χ3n) is 1.40. The summed E-state index contributed by atoms with van der Waals surface area (Å²) in [5.41, 5.74) is 0.787. The summed E-state index contributed by atoms with van der Waals surface area (Å²) in [6.45, 7) is 0.